The molecule has 21 heavy (non-hydrogen) atoms. The summed E-state index contributed by atoms with van der Waals surface area (Å²) in [6, 6.07) is 3.80. The van der Waals surface area contributed by atoms with Crippen LogP contribution in [0, 0.1) is 0 Å². The Labute approximate surface area is 124 Å². The molecule has 0 bridgehead atoms. The van der Waals surface area contributed by atoms with Gasteiger partial charge in [0, 0.05) is 30.5 Å². The zero-order valence-corrected chi connectivity index (χ0v) is 11.8. The van der Waals surface area contributed by atoms with Gasteiger partial charge in [-0.2, -0.15) is 10.2 Å². The summed E-state index contributed by atoms with van der Waals surface area (Å²) in [5.74, 6) is 0.607. The summed E-state index contributed by atoms with van der Waals surface area (Å²) in [5, 5.41) is 16.0. The first-order valence-corrected chi connectivity index (χ1v) is 6.63. The molecule has 104 valence electrons. The number of halogens is 1. The molecule has 2 N–H and O–H groups in total. The van der Waals surface area contributed by atoms with Crippen molar-refractivity contribution in [2.45, 2.75) is 0 Å². The van der Waals surface area contributed by atoms with Crippen molar-refractivity contribution in [2.75, 3.05) is 5.32 Å². The molecule has 0 saturated carbocycles. The Kier molecular flexibility index (Phi) is 2.55. The molecule has 0 atom stereocenters. The van der Waals surface area contributed by atoms with Gasteiger partial charge in [0.2, 0.25) is 0 Å². The predicted molar refractivity (Wildman–Crippen MR) is 80.7 cm³/mol. The Morgan fingerprint density at radius 1 is 1.24 bits per heavy atom. The van der Waals surface area contributed by atoms with Gasteiger partial charge in [-0.15, -0.1) is 0 Å². The highest BCUT2D eigenvalue weighted by molar-refractivity contribution is 6.35. The number of H-pyrrole nitrogens is 1. The van der Waals surface area contributed by atoms with Crippen LogP contribution in [0.2, 0.25) is 5.02 Å². The normalized spacial score (nSPS) is 11.3. The highest BCUT2D eigenvalue weighted by Gasteiger charge is 2.10. The van der Waals surface area contributed by atoms with E-state index in [0.717, 1.165) is 16.6 Å². The number of aromatic nitrogens is 6. The molecule has 0 radical (unpaired) electrons. The fourth-order valence-electron chi connectivity index (χ4n) is 2.26. The van der Waals surface area contributed by atoms with Crippen molar-refractivity contribution >= 4 is 45.2 Å². The van der Waals surface area contributed by atoms with Gasteiger partial charge in [-0.3, -0.25) is 9.78 Å². The molecule has 0 aliphatic heterocycles. The zero-order valence-electron chi connectivity index (χ0n) is 11.0. The topological polar surface area (TPSA) is 84.3 Å². The van der Waals surface area contributed by atoms with E-state index in [9.17, 15) is 0 Å². The van der Waals surface area contributed by atoms with Crippen LogP contribution < -0.4 is 5.32 Å². The fraction of sp³-hybridized carbons (Fsp3) is 0.0769. The summed E-state index contributed by atoms with van der Waals surface area (Å²) in [4.78, 5) is 8.42. The number of nitrogens with zero attached hydrogens (tertiary/aromatic N) is 5. The van der Waals surface area contributed by atoms with E-state index in [1.54, 1.807) is 23.3 Å². The van der Waals surface area contributed by atoms with Crippen LogP contribution in [0.4, 0.5) is 11.5 Å². The molecule has 0 aliphatic carbocycles. The van der Waals surface area contributed by atoms with E-state index >= 15 is 0 Å². The van der Waals surface area contributed by atoms with Crippen LogP contribution in [0.15, 0.2) is 30.7 Å². The van der Waals surface area contributed by atoms with Gasteiger partial charge in [0.15, 0.2) is 17.0 Å². The molecule has 8 heteroatoms. The number of hydrogen-bond donors (Lipinski definition) is 2. The van der Waals surface area contributed by atoms with Gasteiger partial charge in [-0.05, 0) is 12.1 Å². The predicted octanol–water partition coefficient (Wildman–Crippen LogP) is 2.64. The Morgan fingerprint density at radius 2 is 2.10 bits per heavy atom. The number of aromatic amines is 1. The average Bonchev–Trinajstić information content (AvgIpc) is 3.05. The van der Waals surface area contributed by atoms with Crippen molar-refractivity contribution in [3.05, 3.63) is 35.7 Å². The van der Waals surface area contributed by atoms with Gasteiger partial charge in [0.05, 0.1) is 16.7 Å². The quantitative estimate of drug-likeness (QED) is 0.594. The van der Waals surface area contributed by atoms with Crippen molar-refractivity contribution in [3.63, 3.8) is 0 Å². The number of hydrogen-bond acceptors (Lipinski definition) is 5. The largest absolute Gasteiger partial charge is 0.337 e. The number of anilines is 2. The smallest absolute Gasteiger partial charge is 0.180 e. The number of aryl methyl sites for hydroxylation is 1. The molecule has 7 nitrogen and oxygen atoms in total. The highest BCUT2D eigenvalue weighted by Crippen LogP contribution is 2.29. The van der Waals surface area contributed by atoms with Gasteiger partial charge < -0.3 is 5.32 Å². The van der Waals surface area contributed by atoms with Gasteiger partial charge in [-0.1, -0.05) is 11.6 Å². The minimum absolute atomic E-state index is 0.607. The molecule has 0 spiro atoms. The monoisotopic (exact) mass is 299 g/mol. The number of rotatable bonds is 2. The molecule has 3 aromatic heterocycles. The van der Waals surface area contributed by atoms with E-state index in [2.05, 4.69) is 30.6 Å². The SMILES string of the molecule is Cn1ncc2c(Cl)cc(Nc3n[nH]c4nccnc34)cc21. The first kappa shape index (κ1) is 12.1. The zero-order chi connectivity index (χ0) is 14.4. The van der Waals surface area contributed by atoms with E-state index in [0.29, 0.717) is 22.0 Å². The van der Waals surface area contributed by atoms with Crippen LogP contribution in [0.3, 0.4) is 0 Å². The van der Waals surface area contributed by atoms with E-state index in [4.69, 9.17) is 11.6 Å². The van der Waals surface area contributed by atoms with E-state index in [1.165, 1.54) is 0 Å². The summed E-state index contributed by atoms with van der Waals surface area (Å²) < 4.78 is 1.77. The molecule has 4 aromatic rings. The lowest BCUT2D eigenvalue weighted by molar-refractivity contribution is 0.797. The third kappa shape index (κ3) is 1.90. The Hall–Kier alpha value is -2.67. The summed E-state index contributed by atoms with van der Waals surface area (Å²) >= 11 is 6.28. The Bertz CT molecular complexity index is 956. The van der Waals surface area contributed by atoms with E-state index in [-0.39, 0.29) is 0 Å². The first-order valence-electron chi connectivity index (χ1n) is 6.26. The van der Waals surface area contributed by atoms with Crippen LogP contribution in [0.25, 0.3) is 22.1 Å². The van der Waals surface area contributed by atoms with Gasteiger partial charge in [0.1, 0.15) is 0 Å². The Morgan fingerprint density at radius 3 is 3.00 bits per heavy atom. The van der Waals surface area contributed by atoms with Crippen LogP contribution in [0.1, 0.15) is 0 Å². The van der Waals surface area contributed by atoms with E-state index < -0.39 is 0 Å². The lowest BCUT2D eigenvalue weighted by Gasteiger charge is -2.05. The second-order valence-electron chi connectivity index (χ2n) is 4.61. The van der Waals surface area contributed by atoms with Crippen molar-refractivity contribution < 1.29 is 0 Å². The molecular weight excluding hydrogens is 290 g/mol. The van der Waals surface area contributed by atoms with Gasteiger partial charge in [-0.25, -0.2) is 9.97 Å². The molecular formula is C13H10ClN7. The number of fused-ring (bicyclic) bond motifs is 2. The van der Waals surface area contributed by atoms with Crippen molar-refractivity contribution in [1.82, 2.24) is 29.9 Å². The summed E-state index contributed by atoms with van der Waals surface area (Å²) in [6.45, 7) is 0. The van der Waals surface area contributed by atoms with E-state index in [1.807, 2.05) is 19.2 Å². The molecule has 4 rings (SSSR count). The van der Waals surface area contributed by atoms with Crippen LogP contribution >= 0.6 is 11.6 Å². The summed E-state index contributed by atoms with van der Waals surface area (Å²) in [7, 11) is 1.87. The first-order chi connectivity index (χ1) is 10.2. The maximum atomic E-state index is 6.28. The maximum absolute atomic E-state index is 6.28. The molecule has 0 saturated heterocycles. The molecule has 0 unspecified atom stereocenters. The molecule has 0 fully saturated rings. The minimum Gasteiger partial charge on any atom is -0.337 e. The molecule has 3 heterocycles. The summed E-state index contributed by atoms with van der Waals surface area (Å²) in [5.41, 5.74) is 3.07. The number of benzene rings is 1. The lowest BCUT2D eigenvalue weighted by atomic mass is 10.2. The van der Waals surface area contributed by atoms with Crippen molar-refractivity contribution in [1.29, 1.82) is 0 Å². The lowest BCUT2D eigenvalue weighted by Crippen LogP contribution is -1.94. The van der Waals surface area contributed by atoms with Crippen molar-refractivity contribution in [2.24, 2.45) is 7.05 Å². The number of nitrogens with one attached hydrogen (secondary N) is 2. The second-order valence-corrected chi connectivity index (χ2v) is 5.02. The average molecular weight is 300 g/mol. The standard InChI is InChI=1S/C13H10ClN7/c1-21-10-5-7(4-9(14)8(10)6-17-21)18-13-11-12(19-20-13)16-3-2-15-11/h2-6H,1H3,(H2,16,18,19,20). The maximum Gasteiger partial charge on any atom is 0.180 e. The molecule has 0 amide bonds. The van der Waals surface area contributed by atoms with Gasteiger partial charge in [0.25, 0.3) is 0 Å². The Balaban J connectivity index is 1.82. The fourth-order valence-corrected chi connectivity index (χ4v) is 2.52. The van der Waals surface area contributed by atoms with Crippen molar-refractivity contribution in [3.8, 4) is 0 Å². The van der Waals surface area contributed by atoms with Crippen LogP contribution in [0.5, 0.6) is 0 Å². The minimum atomic E-state index is 0.607. The summed E-state index contributed by atoms with van der Waals surface area (Å²) in [6.07, 6.45) is 4.99. The van der Waals surface area contributed by atoms with Crippen LogP contribution in [-0.2, 0) is 7.05 Å². The third-order valence-corrected chi connectivity index (χ3v) is 3.59. The molecule has 0 aliphatic rings. The van der Waals surface area contributed by atoms with Crippen LogP contribution in [-0.4, -0.2) is 29.9 Å². The second kappa shape index (κ2) is 4.42. The third-order valence-electron chi connectivity index (χ3n) is 3.28. The van der Waals surface area contributed by atoms with Gasteiger partial charge >= 0.3 is 0 Å². The highest BCUT2D eigenvalue weighted by atomic mass is 35.5. The molecule has 1 aromatic carbocycles.